The molecule has 9 aromatic rings. The van der Waals surface area contributed by atoms with Crippen molar-refractivity contribution in [3.05, 3.63) is 168 Å². The zero-order valence-corrected chi connectivity index (χ0v) is 27.8. The maximum atomic E-state index is 2.49. The molecule has 232 valence electrons. The summed E-state index contributed by atoms with van der Waals surface area (Å²) in [7, 11) is 0. The second kappa shape index (κ2) is 10.8. The molecule has 49 heavy (non-hydrogen) atoms. The Labute approximate surface area is 286 Å². The summed E-state index contributed by atoms with van der Waals surface area (Å²) in [5, 5.41) is 10.5. The standard InChI is InChI=1S/C48H35N/c1-30-16-18-32-22-26-43-47(41(32)28-30)48-42-29-31(2)17-19-33(42)23-27-44(48)49(43)36-24-20-35(21-25-36)46-39-14-8-6-12-37(39)45(34-10-4-3-5-11-34)38-13-7-9-15-40(38)46/h3-16,18,20-29H,17,19H2,1-2H3. The minimum Gasteiger partial charge on any atom is -0.309 e. The van der Waals surface area contributed by atoms with Crippen LogP contribution in [0.1, 0.15) is 30.0 Å². The van der Waals surface area contributed by atoms with Gasteiger partial charge in [-0.25, -0.2) is 0 Å². The third kappa shape index (κ3) is 4.25. The monoisotopic (exact) mass is 625 g/mol. The SMILES string of the molecule is CC1=Cc2c(ccc3c2c2c4cc(C)ccc4ccc2n3-c2ccc(-c3c4ccccc4c(-c4ccccc4)c4ccccc34)cc2)CC1. The maximum absolute atomic E-state index is 2.49. The molecule has 1 aromatic heterocycles. The van der Waals surface area contributed by atoms with Gasteiger partial charge in [0.05, 0.1) is 11.0 Å². The van der Waals surface area contributed by atoms with Gasteiger partial charge in [0, 0.05) is 16.5 Å². The Morgan fingerprint density at radius 3 is 1.71 bits per heavy atom. The van der Waals surface area contributed by atoms with Crippen LogP contribution >= 0.6 is 0 Å². The highest BCUT2D eigenvalue weighted by Gasteiger charge is 2.21. The molecule has 0 N–H and O–H groups in total. The molecular formula is C48H35N. The third-order valence-corrected chi connectivity index (χ3v) is 10.8. The average Bonchev–Trinajstić information content (AvgIpc) is 3.49. The van der Waals surface area contributed by atoms with E-state index in [0.29, 0.717) is 0 Å². The van der Waals surface area contributed by atoms with Crippen molar-refractivity contribution in [2.75, 3.05) is 0 Å². The molecule has 0 atom stereocenters. The lowest BCUT2D eigenvalue weighted by atomic mass is 9.86. The van der Waals surface area contributed by atoms with Crippen LogP contribution < -0.4 is 0 Å². The number of hydrogen-bond donors (Lipinski definition) is 0. The Hall–Kier alpha value is -5.92. The summed E-state index contributed by atoms with van der Waals surface area (Å²) >= 11 is 0. The maximum Gasteiger partial charge on any atom is 0.0547 e. The van der Waals surface area contributed by atoms with Gasteiger partial charge in [-0.1, -0.05) is 139 Å². The van der Waals surface area contributed by atoms with Crippen LogP contribution in [0.25, 0.3) is 88.1 Å². The average molecular weight is 626 g/mol. The third-order valence-electron chi connectivity index (χ3n) is 10.8. The molecule has 0 unspecified atom stereocenters. The summed E-state index contributed by atoms with van der Waals surface area (Å²) in [6.07, 6.45) is 4.68. The second-order valence-electron chi connectivity index (χ2n) is 13.8. The van der Waals surface area contributed by atoms with Gasteiger partial charge >= 0.3 is 0 Å². The van der Waals surface area contributed by atoms with Crippen LogP contribution in [0, 0.1) is 6.92 Å². The number of rotatable bonds is 3. The van der Waals surface area contributed by atoms with Crippen LogP contribution in [-0.2, 0) is 6.42 Å². The number of allylic oxidation sites excluding steroid dienone is 1. The first-order chi connectivity index (χ1) is 24.1. The van der Waals surface area contributed by atoms with Crippen LogP contribution in [0.2, 0.25) is 0 Å². The van der Waals surface area contributed by atoms with Gasteiger partial charge in [0.25, 0.3) is 0 Å². The quantitative estimate of drug-likeness (QED) is 0.172. The number of fused-ring (bicyclic) bond motifs is 9. The van der Waals surface area contributed by atoms with Crippen LogP contribution in [-0.4, -0.2) is 4.57 Å². The van der Waals surface area contributed by atoms with E-state index in [1.54, 1.807) is 0 Å². The molecular weight excluding hydrogens is 591 g/mol. The first-order valence-electron chi connectivity index (χ1n) is 17.4. The van der Waals surface area contributed by atoms with Gasteiger partial charge in [-0.15, -0.1) is 0 Å². The lowest BCUT2D eigenvalue weighted by molar-refractivity contribution is 0.930. The van der Waals surface area contributed by atoms with Crippen molar-refractivity contribution in [3.8, 4) is 27.9 Å². The molecule has 1 heterocycles. The van der Waals surface area contributed by atoms with E-state index < -0.39 is 0 Å². The largest absolute Gasteiger partial charge is 0.309 e. The van der Waals surface area contributed by atoms with Gasteiger partial charge in [-0.2, -0.15) is 0 Å². The normalized spacial score (nSPS) is 13.1. The predicted octanol–water partition coefficient (Wildman–Crippen LogP) is 13.2. The summed E-state index contributed by atoms with van der Waals surface area (Å²) in [6.45, 7) is 4.48. The number of hydrogen-bond acceptors (Lipinski definition) is 0. The molecule has 8 aromatic carbocycles. The molecule has 1 nitrogen and oxygen atoms in total. The van der Waals surface area contributed by atoms with Crippen LogP contribution in [0.4, 0.5) is 0 Å². The fourth-order valence-corrected chi connectivity index (χ4v) is 8.54. The smallest absolute Gasteiger partial charge is 0.0547 e. The molecule has 0 bridgehead atoms. The minimum absolute atomic E-state index is 1.10. The van der Waals surface area contributed by atoms with Crippen LogP contribution in [0.3, 0.4) is 0 Å². The van der Waals surface area contributed by atoms with Gasteiger partial charge < -0.3 is 4.57 Å². The summed E-state index contributed by atoms with van der Waals surface area (Å²) in [5.74, 6) is 0. The van der Waals surface area contributed by atoms with Crippen molar-refractivity contribution < 1.29 is 0 Å². The Morgan fingerprint density at radius 1 is 0.469 bits per heavy atom. The van der Waals surface area contributed by atoms with E-state index in [1.807, 2.05) is 0 Å². The zero-order valence-electron chi connectivity index (χ0n) is 27.8. The molecule has 0 amide bonds. The van der Waals surface area contributed by atoms with E-state index in [2.05, 4.69) is 170 Å². The van der Waals surface area contributed by atoms with E-state index in [0.717, 1.165) is 12.8 Å². The molecule has 0 fully saturated rings. The van der Waals surface area contributed by atoms with Gasteiger partial charge in [-0.3, -0.25) is 0 Å². The van der Waals surface area contributed by atoms with Crippen LogP contribution in [0.15, 0.2) is 151 Å². The van der Waals surface area contributed by atoms with E-state index in [4.69, 9.17) is 0 Å². The van der Waals surface area contributed by atoms with E-state index in [9.17, 15) is 0 Å². The van der Waals surface area contributed by atoms with Crippen molar-refractivity contribution in [3.63, 3.8) is 0 Å². The van der Waals surface area contributed by atoms with Crippen LogP contribution in [0.5, 0.6) is 0 Å². The van der Waals surface area contributed by atoms with Crippen molar-refractivity contribution in [2.24, 2.45) is 0 Å². The topological polar surface area (TPSA) is 4.93 Å². The predicted molar refractivity (Wildman–Crippen MR) is 211 cm³/mol. The summed E-state index contributed by atoms with van der Waals surface area (Å²) in [5.41, 5.74) is 14.4. The van der Waals surface area contributed by atoms with Crippen molar-refractivity contribution in [1.82, 2.24) is 4.57 Å². The summed E-state index contributed by atoms with van der Waals surface area (Å²) < 4.78 is 2.49. The highest BCUT2D eigenvalue weighted by atomic mass is 15.0. The number of benzene rings is 8. The second-order valence-corrected chi connectivity index (χ2v) is 13.8. The molecule has 0 saturated heterocycles. The number of aromatic nitrogens is 1. The lowest BCUT2D eigenvalue weighted by Crippen LogP contribution is -1.99. The highest BCUT2D eigenvalue weighted by molar-refractivity contribution is 6.24. The molecule has 1 aliphatic carbocycles. The lowest BCUT2D eigenvalue weighted by Gasteiger charge is -2.18. The molecule has 0 radical (unpaired) electrons. The molecule has 0 aliphatic heterocycles. The number of nitrogens with zero attached hydrogens (tertiary/aromatic N) is 1. The molecule has 1 aliphatic rings. The first kappa shape index (κ1) is 28.1. The van der Waals surface area contributed by atoms with E-state index >= 15 is 0 Å². The van der Waals surface area contributed by atoms with Gasteiger partial charge in [0.15, 0.2) is 0 Å². The summed E-state index contributed by atoms with van der Waals surface area (Å²) in [6, 6.07) is 54.2. The number of aryl methyl sites for hydroxylation is 2. The molecule has 0 spiro atoms. The van der Waals surface area contributed by atoms with Gasteiger partial charge in [-0.05, 0) is 117 Å². The molecule has 10 rings (SSSR count). The Bertz CT molecular complexity index is 2750. The Kier molecular flexibility index (Phi) is 6.20. The van der Waals surface area contributed by atoms with E-state index in [1.165, 1.54) is 104 Å². The minimum atomic E-state index is 1.10. The van der Waals surface area contributed by atoms with Crippen molar-refractivity contribution in [2.45, 2.75) is 26.7 Å². The molecule has 1 heteroatoms. The Morgan fingerprint density at radius 2 is 1.04 bits per heavy atom. The van der Waals surface area contributed by atoms with Crippen molar-refractivity contribution >= 4 is 60.2 Å². The first-order valence-corrected chi connectivity index (χ1v) is 17.4. The Balaban J connectivity index is 1.23. The molecule has 0 saturated carbocycles. The van der Waals surface area contributed by atoms with Crippen molar-refractivity contribution in [1.29, 1.82) is 0 Å². The fraction of sp³-hybridized carbons (Fsp3) is 0.0833. The highest BCUT2D eigenvalue weighted by Crippen LogP contribution is 2.45. The fourth-order valence-electron chi connectivity index (χ4n) is 8.54. The van der Waals surface area contributed by atoms with Gasteiger partial charge in [0.2, 0.25) is 0 Å². The van der Waals surface area contributed by atoms with Gasteiger partial charge in [0.1, 0.15) is 0 Å². The van der Waals surface area contributed by atoms with E-state index in [-0.39, 0.29) is 0 Å². The summed E-state index contributed by atoms with van der Waals surface area (Å²) in [4.78, 5) is 0. The zero-order chi connectivity index (χ0) is 32.6.